The molecule has 1 amide bonds. The lowest BCUT2D eigenvalue weighted by Gasteiger charge is -2.39. The van der Waals surface area contributed by atoms with Crippen LogP contribution in [-0.4, -0.2) is 59.1 Å². The molecule has 4 nitrogen and oxygen atoms in total. The summed E-state index contributed by atoms with van der Waals surface area (Å²) in [4.78, 5) is 16.8. The number of aliphatic hydroxyl groups excluding tert-OH is 1. The number of aryl methyl sites for hydroxylation is 2. The van der Waals surface area contributed by atoms with Crippen LogP contribution in [0.2, 0.25) is 0 Å². The fraction of sp³-hybridized carbons (Fsp3) is 0.632. The molecule has 4 heteroatoms. The van der Waals surface area contributed by atoms with Gasteiger partial charge in [0.05, 0.1) is 6.10 Å². The highest BCUT2D eigenvalue weighted by atomic mass is 16.3. The molecule has 1 saturated heterocycles. The van der Waals surface area contributed by atoms with E-state index < -0.39 is 0 Å². The zero-order valence-corrected chi connectivity index (χ0v) is 14.1. The third kappa shape index (κ3) is 4.12. The topological polar surface area (TPSA) is 43.8 Å². The van der Waals surface area contributed by atoms with E-state index in [9.17, 15) is 9.90 Å². The van der Waals surface area contributed by atoms with Crippen molar-refractivity contribution in [3.63, 3.8) is 0 Å². The molecular formula is C19H28N2O2. The molecule has 0 aromatic heterocycles. The number of carbonyl (C=O) groups is 1. The van der Waals surface area contributed by atoms with E-state index in [4.69, 9.17) is 0 Å². The van der Waals surface area contributed by atoms with E-state index in [2.05, 4.69) is 36.1 Å². The first kappa shape index (κ1) is 16.5. The maximum atomic E-state index is 12.4. The third-order valence-corrected chi connectivity index (χ3v) is 5.33. The van der Waals surface area contributed by atoms with E-state index in [1.807, 2.05) is 4.90 Å². The normalized spacial score (nSPS) is 25.7. The van der Waals surface area contributed by atoms with Crippen LogP contribution < -0.4 is 0 Å². The number of rotatable bonds is 4. The summed E-state index contributed by atoms with van der Waals surface area (Å²) in [5.74, 6) is 0.261. The number of amides is 1. The molecule has 1 N–H and O–H groups in total. The fourth-order valence-corrected chi connectivity index (χ4v) is 3.81. The van der Waals surface area contributed by atoms with Gasteiger partial charge in [0.2, 0.25) is 5.91 Å². The lowest BCUT2D eigenvalue weighted by Crippen LogP contribution is -2.53. The Bertz CT molecular complexity index is 521. The van der Waals surface area contributed by atoms with Crippen molar-refractivity contribution in [2.24, 2.45) is 0 Å². The van der Waals surface area contributed by atoms with Gasteiger partial charge in [0.15, 0.2) is 0 Å². The van der Waals surface area contributed by atoms with Gasteiger partial charge in [-0.3, -0.25) is 9.69 Å². The highest BCUT2D eigenvalue weighted by Crippen LogP contribution is 2.25. The number of nitrogens with zero attached hydrogens (tertiary/aromatic N) is 2. The second-order valence-corrected chi connectivity index (χ2v) is 6.97. The number of aliphatic hydroxyl groups is 1. The van der Waals surface area contributed by atoms with Crippen molar-refractivity contribution in [2.45, 2.75) is 51.2 Å². The summed E-state index contributed by atoms with van der Waals surface area (Å²) in [5.41, 5.74) is 2.49. The lowest BCUT2D eigenvalue weighted by molar-refractivity contribution is -0.133. The maximum Gasteiger partial charge on any atom is 0.222 e. The van der Waals surface area contributed by atoms with Crippen LogP contribution in [0.3, 0.4) is 0 Å². The van der Waals surface area contributed by atoms with Crippen molar-refractivity contribution in [1.29, 1.82) is 0 Å². The van der Waals surface area contributed by atoms with Gasteiger partial charge in [0.25, 0.3) is 0 Å². The molecule has 23 heavy (non-hydrogen) atoms. The van der Waals surface area contributed by atoms with Crippen molar-refractivity contribution in [2.75, 3.05) is 26.2 Å². The van der Waals surface area contributed by atoms with Crippen LogP contribution >= 0.6 is 0 Å². The molecule has 126 valence electrons. The Hall–Kier alpha value is -1.39. The predicted octanol–water partition coefficient (Wildman–Crippen LogP) is 1.99. The van der Waals surface area contributed by atoms with Crippen LogP contribution in [0.4, 0.5) is 0 Å². The average Bonchev–Trinajstić information content (AvgIpc) is 3.00. The smallest absolute Gasteiger partial charge is 0.222 e. The Labute approximate surface area is 139 Å². The standard InChI is InChI=1S/C19H28N2O2/c1-15-5-7-16(8-6-15)9-10-19(23)21-13-11-20(12-14-21)17-3-2-4-18(17)22/h5-8,17-18,22H,2-4,9-14H2,1H3/t17-,18-/m0/s1. The number of piperazine rings is 1. The molecule has 1 aromatic rings. The highest BCUT2D eigenvalue weighted by molar-refractivity contribution is 5.76. The zero-order valence-electron chi connectivity index (χ0n) is 14.1. The van der Waals surface area contributed by atoms with E-state index in [0.29, 0.717) is 12.5 Å². The molecule has 0 bridgehead atoms. The van der Waals surface area contributed by atoms with E-state index in [1.54, 1.807) is 0 Å². The minimum absolute atomic E-state index is 0.168. The maximum absolute atomic E-state index is 12.4. The second-order valence-electron chi connectivity index (χ2n) is 6.97. The Balaban J connectivity index is 1.43. The fourth-order valence-electron chi connectivity index (χ4n) is 3.81. The first-order valence-electron chi connectivity index (χ1n) is 8.89. The number of benzene rings is 1. The van der Waals surface area contributed by atoms with E-state index in [-0.39, 0.29) is 12.0 Å². The summed E-state index contributed by atoms with van der Waals surface area (Å²) >= 11 is 0. The molecule has 1 aliphatic carbocycles. The Morgan fingerprint density at radius 3 is 2.43 bits per heavy atom. The summed E-state index contributed by atoms with van der Waals surface area (Å²) in [6, 6.07) is 8.75. The van der Waals surface area contributed by atoms with Gasteiger partial charge in [-0.25, -0.2) is 0 Å². The first-order valence-corrected chi connectivity index (χ1v) is 8.89. The number of hydrogen-bond donors (Lipinski definition) is 1. The molecule has 0 spiro atoms. The summed E-state index contributed by atoms with van der Waals surface area (Å²) in [6.45, 7) is 5.48. The third-order valence-electron chi connectivity index (χ3n) is 5.33. The van der Waals surface area contributed by atoms with Crippen molar-refractivity contribution in [1.82, 2.24) is 9.80 Å². The van der Waals surface area contributed by atoms with Crippen LogP contribution in [0.25, 0.3) is 0 Å². The summed E-state index contributed by atoms with van der Waals surface area (Å²) < 4.78 is 0. The van der Waals surface area contributed by atoms with E-state index in [1.165, 1.54) is 11.1 Å². The van der Waals surface area contributed by atoms with Crippen molar-refractivity contribution >= 4 is 5.91 Å². The van der Waals surface area contributed by atoms with Gasteiger partial charge >= 0.3 is 0 Å². The van der Waals surface area contributed by atoms with Crippen molar-refractivity contribution in [3.8, 4) is 0 Å². The molecule has 0 unspecified atom stereocenters. The van der Waals surface area contributed by atoms with Gasteiger partial charge in [-0.1, -0.05) is 29.8 Å². The summed E-state index contributed by atoms with van der Waals surface area (Å²) in [7, 11) is 0. The average molecular weight is 316 g/mol. The van der Waals surface area contributed by atoms with Crippen LogP contribution in [0.5, 0.6) is 0 Å². The zero-order chi connectivity index (χ0) is 16.2. The highest BCUT2D eigenvalue weighted by Gasteiger charge is 2.33. The Morgan fingerprint density at radius 2 is 1.83 bits per heavy atom. The largest absolute Gasteiger partial charge is 0.391 e. The molecule has 0 radical (unpaired) electrons. The Morgan fingerprint density at radius 1 is 1.13 bits per heavy atom. The van der Waals surface area contributed by atoms with Crippen molar-refractivity contribution in [3.05, 3.63) is 35.4 Å². The minimum atomic E-state index is -0.168. The van der Waals surface area contributed by atoms with Gasteiger partial charge in [-0.2, -0.15) is 0 Å². The Kier molecular flexibility index (Phi) is 5.34. The van der Waals surface area contributed by atoms with E-state index in [0.717, 1.165) is 51.9 Å². The quantitative estimate of drug-likeness (QED) is 0.924. The molecule has 2 aliphatic rings. The van der Waals surface area contributed by atoms with Crippen LogP contribution in [0.15, 0.2) is 24.3 Å². The molecule has 1 saturated carbocycles. The number of hydrogen-bond acceptors (Lipinski definition) is 3. The number of carbonyl (C=O) groups excluding carboxylic acids is 1. The minimum Gasteiger partial charge on any atom is -0.391 e. The van der Waals surface area contributed by atoms with Crippen molar-refractivity contribution < 1.29 is 9.90 Å². The molecule has 1 aliphatic heterocycles. The predicted molar refractivity (Wildman–Crippen MR) is 91.3 cm³/mol. The molecule has 1 heterocycles. The lowest BCUT2D eigenvalue weighted by atomic mass is 10.1. The molecule has 2 atom stereocenters. The SMILES string of the molecule is Cc1ccc(CCC(=O)N2CCN([C@H]3CCC[C@@H]3O)CC2)cc1. The van der Waals surface area contributed by atoms with Gasteiger partial charge in [0.1, 0.15) is 0 Å². The van der Waals surface area contributed by atoms with E-state index >= 15 is 0 Å². The molecule has 2 fully saturated rings. The molecule has 3 rings (SSSR count). The van der Waals surface area contributed by atoms with Crippen LogP contribution in [-0.2, 0) is 11.2 Å². The molecular weight excluding hydrogens is 288 g/mol. The van der Waals surface area contributed by atoms with Gasteiger partial charge in [-0.15, -0.1) is 0 Å². The summed E-state index contributed by atoms with van der Waals surface area (Å²) in [5, 5.41) is 10.0. The summed E-state index contributed by atoms with van der Waals surface area (Å²) in [6.07, 6.45) is 4.40. The van der Waals surface area contributed by atoms with Gasteiger partial charge < -0.3 is 10.0 Å². The van der Waals surface area contributed by atoms with Crippen LogP contribution in [0, 0.1) is 6.92 Å². The van der Waals surface area contributed by atoms with Crippen LogP contribution in [0.1, 0.15) is 36.8 Å². The molecule has 1 aromatic carbocycles. The monoisotopic (exact) mass is 316 g/mol. The van der Waals surface area contributed by atoms with Gasteiger partial charge in [-0.05, 0) is 38.2 Å². The first-order chi connectivity index (χ1) is 11.1. The van der Waals surface area contributed by atoms with Gasteiger partial charge in [0, 0.05) is 38.6 Å². The second kappa shape index (κ2) is 7.45.